The van der Waals surface area contributed by atoms with E-state index in [0.29, 0.717) is 11.0 Å². The average molecular weight is 382 g/mol. The molecule has 0 bridgehead atoms. The molecule has 134 valence electrons. The Morgan fingerprint density at radius 2 is 1.88 bits per heavy atom. The molecule has 4 rings (SSSR count). The van der Waals surface area contributed by atoms with Crippen molar-refractivity contribution in [3.63, 3.8) is 0 Å². The maximum atomic E-state index is 12.5. The molecule has 1 aliphatic rings. The van der Waals surface area contributed by atoms with E-state index in [1.165, 1.54) is 12.4 Å². The molecule has 1 aliphatic carbocycles. The summed E-state index contributed by atoms with van der Waals surface area (Å²) in [5, 5.41) is 7.20. The quantitative estimate of drug-likeness (QED) is 0.726. The average Bonchev–Trinajstić information content (AvgIpc) is 3.19. The van der Waals surface area contributed by atoms with E-state index in [1.807, 2.05) is 18.2 Å². The maximum Gasteiger partial charge on any atom is 0.471 e. The normalized spacial score (nSPS) is 15.7. The third kappa shape index (κ3) is 3.22. The predicted octanol–water partition coefficient (Wildman–Crippen LogP) is 4.30. The zero-order valence-electron chi connectivity index (χ0n) is 13.1. The van der Waals surface area contributed by atoms with Gasteiger partial charge in [0.15, 0.2) is 0 Å². The molecule has 26 heavy (non-hydrogen) atoms. The van der Waals surface area contributed by atoms with Gasteiger partial charge in [0.2, 0.25) is 11.8 Å². The summed E-state index contributed by atoms with van der Waals surface area (Å²) in [7, 11) is 0. The lowest BCUT2D eigenvalue weighted by atomic mass is 10.1. The standard InChI is InChI=1S/C16H11ClF3N5O/c17-11-3-1-2-10(6-11)15(4-5-15)24-14-21-7-9(8-22-14)12-23-13(26-25-12)16(18,19)20/h1-3,6-8H,4-5H2,(H,21,22,24). The molecule has 2 aromatic heterocycles. The second kappa shape index (κ2) is 5.94. The molecule has 1 aromatic carbocycles. The molecule has 0 saturated heterocycles. The molecule has 2 heterocycles. The van der Waals surface area contributed by atoms with Crippen molar-refractivity contribution >= 4 is 17.5 Å². The van der Waals surface area contributed by atoms with Crippen molar-refractivity contribution < 1.29 is 17.7 Å². The van der Waals surface area contributed by atoms with Crippen molar-refractivity contribution in [2.75, 3.05) is 5.32 Å². The van der Waals surface area contributed by atoms with Gasteiger partial charge in [0, 0.05) is 17.4 Å². The van der Waals surface area contributed by atoms with Crippen molar-refractivity contribution in [2.24, 2.45) is 0 Å². The summed E-state index contributed by atoms with van der Waals surface area (Å²) in [5.74, 6) is -1.28. The Kier molecular flexibility index (Phi) is 3.83. The van der Waals surface area contributed by atoms with E-state index in [9.17, 15) is 13.2 Å². The summed E-state index contributed by atoms with van der Waals surface area (Å²) in [6.07, 6.45) is -0.206. The lowest BCUT2D eigenvalue weighted by Crippen LogP contribution is -2.20. The first kappa shape index (κ1) is 16.8. The van der Waals surface area contributed by atoms with Crippen LogP contribution in [0, 0.1) is 0 Å². The molecule has 1 fully saturated rings. The first-order valence-corrected chi connectivity index (χ1v) is 8.01. The molecule has 6 nitrogen and oxygen atoms in total. The zero-order chi connectivity index (χ0) is 18.4. The third-order valence-electron chi connectivity index (χ3n) is 4.06. The lowest BCUT2D eigenvalue weighted by molar-refractivity contribution is -0.159. The molecular formula is C16H11ClF3N5O. The summed E-state index contributed by atoms with van der Waals surface area (Å²) in [6, 6.07) is 7.52. The molecule has 1 saturated carbocycles. The summed E-state index contributed by atoms with van der Waals surface area (Å²) in [5.41, 5.74) is 0.982. The number of rotatable bonds is 4. The van der Waals surface area contributed by atoms with Gasteiger partial charge in [0.1, 0.15) is 0 Å². The van der Waals surface area contributed by atoms with Gasteiger partial charge in [-0.25, -0.2) is 9.97 Å². The van der Waals surface area contributed by atoms with E-state index >= 15 is 0 Å². The Labute approximate surface area is 150 Å². The highest BCUT2D eigenvalue weighted by Gasteiger charge is 2.45. The topological polar surface area (TPSA) is 76.7 Å². The van der Waals surface area contributed by atoms with E-state index in [-0.39, 0.29) is 16.9 Å². The van der Waals surface area contributed by atoms with Crippen LogP contribution in [-0.2, 0) is 11.7 Å². The predicted molar refractivity (Wildman–Crippen MR) is 86.3 cm³/mol. The molecule has 0 amide bonds. The zero-order valence-corrected chi connectivity index (χ0v) is 13.8. The van der Waals surface area contributed by atoms with Crippen LogP contribution in [0.3, 0.4) is 0 Å². The van der Waals surface area contributed by atoms with Crippen LogP contribution in [0.4, 0.5) is 19.1 Å². The van der Waals surface area contributed by atoms with Crippen molar-refractivity contribution in [1.82, 2.24) is 20.1 Å². The van der Waals surface area contributed by atoms with E-state index < -0.39 is 12.1 Å². The van der Waals surface area contributed by atoms with E-state index in [1.54, 1.807) is 6.07 Å². The van der Waals surface area contributed by atoms with Crippen molar-refractivity contribution in [2.45, 2.75) is 24.6 Å². The van der Waals surface area contributed by atoms with Crippen molar-refractivity contribution in [1.29, 1.82) is 0 Å². The highest BCUT2D eigenvalue weighted by molar-refractivity contribution is 6.30. The minimum absolute atomic E-state index is 0.222. The smallest absolute Gasteiger partial charge is 0.345 e. The minimum Gasteiger partial charge on any atom is -0.345 e. The van der Waals surface area contributed by atoms with Crippen molar-refractivity contribution in [3.8, 4) is 11.4 Å². The van der Waals surface area contributed by atoms with Gasteiger partial charge in [-0.15, -0.1) is 0 Å². The van der Waals surface area contributed by atoms with Gasteiger partial charge in [-0.3, -0.25) is 0 Å². The van der Waals surface area contributed by atoms with Gasteiger partial charge in [-0.1, -0.05) is 28.9 Å². The van der Waals surface area contributed by atoms with E-state index in [4.69, 9.17) is 11.6 Å². The fraction of sp³-hybridized carbons (Fsp3) is 0.250. The van der Waals surface area contributed by atoms with Gasteiger partial charge in [0.25, 0.3) is 0 Å². The SMILES string of the molecule is FC(F)(F)c1nc(-c2cnc(NC3(c4cccc(Cl)c4)CC3)nc2)no1. The monoisotopic (exact) mass is 381 g/mol. The summed E-state index contributed by atoms with van der Waals surface area (Å²) >= 11 is 6.04. The molecule has 10 heteroatoms. The Morgan fingerprint density at radius 1 is 1.15 bits per heavy atom. The van der Waals surface area contributed by atoms with Crippen LogP contribution in [0.5, 0.6) is 0 Å². The molecule has 0 spiro atoms. The highest BCUT2D eigenvalue weighted by Crippen LogP contribution is 2.48. The van der Waals surface area contributed by atoms with Gasteiger partial charge in [-0.2, -0.15) is 18.2 Å². The van der Waals surface area contributed by atoms with Gasteiger partial charge in [0.05, 0.1) is 11.1 Å². The number of alkyl halides is 3. The molecule has 0 atom stereocenters. The molecule has 0 unspecified atom stereocenters. The van der Waals surface area contributed by atoms with Crippen LogP contribution < -0.4 is 5.32 Å². The number of hydrogen-bond acceptors (Lipinski definition) is 6. The molecule has 0 radical (unpaired) electrons. The molecule has 0 aliphatic heterocycles. The van der Waals surface area contributed by atoms with Gasteiger partial charge >= 0.3 is 12.1 Å². The van der Waals surface area contributed by atoms with Crippen LogP contribution in [-0.4, -0.2) is 20.1 Å². The summed E-state index contributed by atoms with van der Waals surface area (Å²) < 4.78 is 41.8. The molecule has 3 aromatic rings. The number of aromatic nitrogens is 4. The summed E-state index contributed by atoms with van der Waals surface area (Å²) in [6.45, 7) is 0. The number of nitrogens with zero attached hydrogens (tertiary/aromatic N) is 4. The van der Waals surface area contributed by atoms with Crippen LogP contribution in [0.15, 0.2) is 41.2 Å². The molecular weight excluding hydrogens is 371 g/mol. The van der Waals surface area contributed by atoms with Crippen LogP contribution in [0.25, 0.3) is 11.4 Å². The first-order chi connectivity index (χ1) is 12.4. The first-order valence-electron chi connectivity index (χ1n) is 7.63. The number of hydrogen-bond donors (Lipinski definition) is 1. The Balaban J connectivity index is 1.53. The van der Waals surface area contributed by atoms with Crippen LogP contribution in [0.1, 0.15) is 24.3 Å². The fourth-order valence-electron chi connectivity index (χ4n) is 2.57. The Hall–Kier alpha value is -2.68. The third-order valence-corrected chi connectivity index (χ3v) is 4.29. The van der Waals surface area contributed by atoms with Gasteiger partial charge < -0.3 is 9.84 Å². The number of halogens is 4. The molecule has 1 N–H and O–H groups in total. The van der Waals surface area contributed by atoms with Gasteiger partial charge in [-0.05, 0) is 30.5 Å². The largest absolute Gasteiger partial charge is 0.471 e. The van der Waals surface area contributed by atoms with E-state index in [2.05, 4.69) is 29.9 Å². The maximum absolute atomic E-state index is 12.5. The second-order valence-electron chi connectivity index (χ2n) is 5.93. The fourth-order valence-corrected chi connectivity index (χ4v) is 2.77. The lowest BCUT2D eigenvalue weighted by Gasteiger charge is -2.18. The van der Waals surface area contributed by atoms with Crippen LogP contribution >= 0.6 is 11.6 Å². The second-order valence-corrected chi connectivity index (χ2v) is 6.37. The highest BCUT2D eigenvalue weighted by atomic mass is 35.5. The number of nitrogens with one attached hydrogen (secondary N) is 1. The Bertz CT molecular complexity index is 938. The van der Waals surface area contributed by atoms with Crippen LogP contribution in [0.2, 0.25) is 5.02 Å². The number of benzene rings is 1. The van der Waals surface area contributed by atoms with E-state index in [0.717, 1.165) is 18.4 Å². The Morgan fingerprint density at radius 3 is 2.46 bits per heavy atom. The number of anilines is 1. The van der Waals surface area contributed by atoms with Crippen molar-refractivity contribution in [3.05, 3.63) is 53.1 Å². The minimum atomic E-state index is -4.69. The summed E-state index contributed by atoms with van der Waals surface area (Å²) in [4.78, 5) is 11.6.